The van der Waals surface area contributed by atoms with Gasteiger partial charge in [-0.3, -0.25) is 10.1 Å². The molecule has 0 aliphatic heterocycles. The van der Waals surface area contributed by atoms with Gasteiger partial charge in [0, 0.05) is 18.1 Å². The molecule has 8 heteroatoms. The van der Waals surface area contributed by atoms with Crippen LogP contribution < -0.4 is 5.32 Å². The van der Waals surface area contributed by atoms with E-state index in [-0.39, 0.29) is 24.1 Å². The van der Waals surface area contributed by atoms with Gasteiger partial charge in [0.25, 0.3) is 5.69 Å². The molecule has 3 atom stereocenters. The number of carbonyl (C=O) groups is 2. The smallest absolute Gasteiger partial charge is 0.407 e. The number of hydrogen-bond acceptors (Lipinski definition) is 5. The lowest BCUT2D eigenvalue weighted by Gasteiger charge is -2.21. The number of rotatable bonds is 7. The van der Waals surface area contributed by atoms with Crippen LogP contribution in [-0.2, 0) is 9.53 Å². The van der Waals surface area contributed by atoms with Crippen molar-refractivity contribution in [2.24, 2.45) is 5.92 Å². The fourth-order valence-corrected chi connectivity index (χ4v) is 3.60. The maximum atomic E-state index is 12.2. The Balaban J connectivity index is 1.80. The second-order valence-electron chi connectivity index (χ2n) is 7.11. The molecule has 0 bridgehead atoms. The van der Waals surface area contributed by atoms with Crippen molar-refractivity contribution in [2.45, 2.75) is 32.2 Å². The molecule has 0 saturated carbocycles. The Morgan fingerprint density at radius 2 is 1.90 bits per heavy atom. The molecule has 0 radical (unpaired) electrons. The standard InChI is InChI=1S/C21H22N2O6/c1-3-12(2)19(20(24)25)22-21(26)29-11-18-15-7-5-4-6-14(15)16-9-8-13(23(27)28)10-17(16)18/h4-10,12,18-19H,3,11H2,1-2H3,(H,22,26)(H,24,25)/t12-,18?,19+/m1/s1. The van der Waals surface area contributed by atoms with Crippen molar-refractivity contribution in [1.82, 2.24) is 5.32 Å². The molecule has 1 aliphatic carbocycles. The van der Waals surface area contributed by atoms with Crippen LogP contribution in [0.4, 0.5) is 10.5 Å². The summed E-state index contributed by atoms with van der Waals surface area (Å²) in [4.78, 5) is 34.3. The largest absolute Gasteiger partial charge is 0.480 e. The lowest BCUT2D eigenvalue weighted by Crippen LogP contribution is -2.45. The van der Waals surface area contributed by atoms with E-state index in [0.717, 1.165) is 16.7 Å². The third kappa shape index (κ3) is 4.06. The number of nitrogens with one attached hydrogen (secondary N) is 1. The van der Waals surface area contributed by atoms with E-state index in [4.69, 9.17) is 4.74 Å². The Morgan fingerprint density at radius 3 is 2.55 bits per heavy atom. The third-order valence-corrected chi connectivity index (χ3v) is 5.38. The molecule has 2 aromatic rings. The number of non-ortho nitro benzene ring substituents is 1. The van der Waals surface area contributed by atoms with Gasteiger partial charge in [0.1, 0.15) is 12.6 Å². The molecule has 1 amide bonds. The molecular formula is C21H22N2O6. The molecule has 29 heavy (non-hydrogen) atoms. The number of aliphatic carboxylic acids is 1. The number of amides is 1. The van der Waals surface area contributed by atoms with Crippen LogP contribution in [0.3, 0.4) is 0 Å². The molecule has 8 nitrogen and oxygen atoms in total. The average molecular weight is 398 g/mol. The summed E-state index contributed by atoms with van der Waals surface area (Å²) < 4.78 is 5.33. The molecule has 0 saturated heterocycles. The fourth-order valence-electron chi connectivity index (χ4n) is 3.60. The Hall–Kier alpha value is -3.42. The molecule has 1 unspecified atom stereocenters. The van der Waals surface area contributed by atoms with Gasteiger partial charge >= 0.3 is 12.1 Å². The maximum absolute atomic E-state index is 12.2. The first-order valence-electron chi connectivity index (χ1n) is 9.37. The van der Waals surface area contributed by atoms with Crippen molar-refractivity contribution >= 4 is 17.7 Å². The van der Waals surface area contributed by atoms with E-state index < -0.39 is 23.0 Å². The van der Waals surface area contributed by atoms with Crippen molar-refractivity contribution in [1.29, 1.82) is 0 Å². The fraction of sp³-hybridized carbons (Fsp3) is 0.333. The summed E-state index contributed by atoms with van der Waals surface area (Å²) in [7, 11) is 0. The molecule has 0 fully saturated rings. The van der Waals surface area contributed by atoms with E-state index in [0.29, 0.717) is 12.0 Å². The minimum atomic E-state index is -1.12. The second-order valence-corrected chi connectivity index (χ2v) is 7.11. The second kappa shape index (κ2) is 8.30. The van der Waals surface area contributed by atoms with E-state index in [1.165, 1.54) is 12.1 Å². The highest BCUT2D eigenvalue weighted by Crippen LogP contribution is 2.45. The van der Waals surface area contributed by atoms with Crippen molar-refractivity contribution < 1.29 is 24.4 Å². The van der Waals surface area contributed by atoms with Crippen molar-refractivity contribution in [3.8, 4) is 11.1 Å². The SMILES string of the molecule is CC[C@@H](C)[C@H](NC(=O)OCC1c2ccccc2-c2ccc([N+](=O)[O-])cc21)C(=O)O. The first-order valence-corrected chi connectivity index (χ1v) is 9.37. The minimum absolute atomic E-state index is 0.0336. The zero-order valence-electron chi connectivity index (χ0n) is 16.1. The predicted octanol–water partition coefficient (Wildman–Crippen LogP) is 3.93. The highest BCUT2D eigenvalue weighted by molar-refractivity contribution is 5.81. The number of carboxylic acids is 1. The Bertz CT molecular complexity index is 958. The number of alkyl carbamates (subject to hydrolysis) is 1. The van der Waals surface area contributed by atoms with Crippen molar-refractivity contribution in [3.05, 3.63) is 63.7 Å². The number of fused-ring (bicyclic) bond motifs is 3. The van der Waals surface area contributed by atoms with Gasteiger partial charge in [0.15, 0.2) is 0 Å². The zero-order chi connectivity index (χ0) is 21.1. The van der Waals surface area contributed by atoms with Crippen LogP contribution in [0.2, 0.25) is 0 Å². The van der Waals surface area contributed by atoms with E-state index in [1.54, 1.807) is 13.0 Å². The normalized spacial score (nSPS) is 16.3. The summed E-state index contributed by atoms with van der Waals surface area (Å²) in [5, 5.41) is 22.9. The van der Waals surface area contributed by atoms with Gasteiger partial charge in [0.05, 0.1) is 4.92 Å². The monoisotopic (exact) mass is 398 g/mol. The molecule has 0 spiro atoms. The summed E-state index contributed by atoms with van der Waals surface area (Å²) in [6.45, 7) is 3.53. The van der Waals surface area contributed by atoms with Crippen LogP contribution in [0.15, 0.2) is 42.5 Å². The van der Waals surface area contributed by atoms with Crippen LogP contribution in [0.5, 0.6) is 0 Å². The van der Waals surface area contributed by atoms with Gasteiger partial charge in [0.2, 0.25) is 0 Å². The van der Waals surface area contributed by atoms with Gasteiger partial charge in [-0.25, -0.2) is 9.59 Å². The van der Waals surface area contributed by atoms with Gasteiger partial charge in [-0.15, -0.1) is 0 Å². The number of ether oxygens (including phenoxy) is 1. The lowest BCUT2D eigenvalue weighted by molar-refractivity contribution is -0.384. The first kappa shape index (κ1) is 20.3. The number of nitro groups is 1. The van der Waals surface area contributed by atoms with Gasteiger partial charge in [-0.1, -0.05) is 44.5 Å². The minimum Gasteiger partial charge on any atom is -0.480 e. The number of benzene rings is 2. The quantitative estimate of drug-likeness (QED) is 0.539. The zero-order valence-corrected chi connectivity index (χ0v) is 16.1. The number of hydrogen-bond donors (Lipinski definition) is 2. The summed E-state index contributed by atoms with van der Waals surface area (Å²) >= 11 is 0. The van der Waals surface area contributed by atoms with Gasteiger partial charge < -0.3 is 15.2 Å². The molecule has 0 heterocycles. The molecule has 2 aromatic carbocycles. The molecule has 2 N–H and O–H groups in total. The summed E-state index contributed by atoms with van der Waals surface area (Å²) in [6, 6.07) is 11.2. The van der Waals surface area contributed by atoms with E-state index in [1.807, 2.05) is 31.2 Å². The lowest BCUT2D eigenvalue weighted by atomic mass is 9.97. The van der Waals surface area contributed by atoms with E-state index in [2.05, 4.69) is 5.32 Å². The van der Waals surface area contributed by atoms with E-state index in [9.17, 15) is 24.8 Å². The summed E-state index contributed by atoms with van der Waals surface area (Å²) in [5.74, 6) is -1.74. The topological polar surface area (TPSA) is 119 Å². The highest BCUT2D eigenvalue weighted by atomic mass is 16.6. The molecule has 152 valence electrons. The Morgan fingerprint density at radius 1 is 1.21 bits per heavy atom. The molecule has 0 aromatic heterocycles. The van der Waals surface area contributed by atoms with E-state index >= 15 is 0 Å². The molecule has 3 rings (SSSR count). The highest BCUT2D eigenvalue weighted by Gasteiger charge is 2.32. The van der Waals surface area contributed by atoms with Gasteiger partial charge in [-0.05, 0) is 34.2 Å². The van der Waals surface area contributed by atoms with Crippen molar-refractivity contribution in [2.75, 3.05) is 6.61 Å². The maximum Gasteiger partial charge on any atom is 0.407 e. The summed E-state index contributed by atoms with van der Waals surface area (Å²) in [6.07, 6.45) is -0.237. The number of carbonyl (C=O) groups excluding carboxylic acids is 1. The van der Waals surface area contributed by atoms with Gasteiger partial charge in [-0.2, -0.15) is 0 Å². The van der Waals surface area contributed by atoms with Crippen LogP contribution in [-0.4, -0.2) is 34.7 Å². The average Bonchev–Trinajstić information content (AvgIpc) is 3.02. The molecule has 1 aliphatic rings. The van der Waals surface area contributed by atoms with Crippen molar-refractivity contribution in [3.63, 3.8) is 0 Å². The Labute approximate surface area is 167 Å². The van der Waals surface area contributed by atoms with Crippen LogP contribution in [0, 0.1) is 16.0 Å². The van der Waals surface area contributed by atoms with Crippen LogP contribution in [0.1, 0.15) is 37.3 Å². The number of carboxylic acid groups (broad SMARTS) is 1. The first-order chi connectivity index (χ1) is 13.8. The predicted molar refractivity (Wildman–Crippen MR) is 106 cm³/mol. The number of nitrogens with zero attached hydrogens (tertiary/aromatic N) is 1. The third-order valence-electron chi connectivity index (χ3n) is 5.38. The summed E-state index contributed by atoms with van der Waals surface area (Å²) in [5.41, 5.74) is 3.39. The Kier molecular flexibility index (Phi) is 5.81. The number of nitro benzene ring substituents is 1. The van der Waals surface area contributed by atoms with Crippen LogP contribution in [0.25, 0.3) is 11.1 Å². The molecular weight excluding hydrogens is 376 g/mol. The van der Waals surface area contributed by atoms with Crippen LogP contribution >= 0.6 is 0 Å².